The molecular weight excluding hydrogens is 318 g/mol. The van der Waals surface area contributed by atoms with Crippen molar-refractivity contribution >= 4 is 22.6 Å². The molecule has 1 N–H and O–H groups in total. The molecule has 0 radical (unpaired) electrons. The number of fused-ring (bicyclic) bond motifs is 1. The van der Waals surface area contributed by atoms with E-state index in [1.807, 2.05) is 6.07 Å². The number of aromatic carboxylic acids is 1. The van der Waals surface area contributed by atoms with Gasteiger partial charge in [0.1, 0.15) is 23.7 Å². The van der Waals surface area contributed by atoms with Crippen LogP contribution in [0.4, 0.5) is 5.13 Å². The smallest absolute Gasteiger partial charge is 0.339 e. The maximum Gasteiger partial charge on any atom is 0.339 e. The van der Waals surface area contributed by atoms with E-state index in [9.17, 15) is 9.90 Å². The van der Waals surface area contributed by atoms with E-state index >= 15 is 0 Å². The van der Waals surface area contributed by atoms with Crippen molar-refractivity contribution in [2.45, 2.75) is 13.0 Å². The normalized spacial score (nSPS) is 14.0. The summed E-state index contributed by atoms with van der Waals surface area (Å²) in [5.41, 5.74) is 1.04. The largest absolute Gasteiger partial charge is 0.490 e. The predicted molar refractivity (Wildman–Crippen MR) is 85.4 cm³/mol. The minimum atomic E-state index is -0.979. The number of benzene rings is 1. The van der Waals surface area contributed by atoms with Crippen molar-refractivity contribution in [1.82, 2.24) is 9.36 Å². The van der Waals surface area contributed by atoms with Gasteiger partial charge in [0.05, 0.1) is 13.2 Å². The molecule has 1 aromatic carbocycles. The molecule has 2 heterocycles. The number of carbonyl (C=O) groups is 1. The Bertz CT molecular complexity index is 704. The SMILES string of the molecule is COCCc1nsc(N2CCOc3c(cccc3C(=O)O)C2)n1. The van der Waals surface area contributed by atoms with Crippen molar-refractivity contribution in [2.24, 2.45) is 0 Å². The Balaban J connectivity index is 1.82. The van der Waals surface area contributed by atoms with E-state index in [4.69, 9.17) is 9.47 Å². The van der Waals surface area contributed by atoms with Gasteiger partial charge in [0.2, 0.25) is 5.13 Å². The van der Waals surface area contributed by atoms with Crippen LogP contribution in [-0.4, -0.2) is 47.3 Å². The van der Waals surface area contributed by atoms with E-state index in [0.717, 1.165) is 16.5 Å². The fourth-order valence-electron chi connectivity index (χ4n) is 2.42. The summed E-state index contributed by atoms with van der Waals surface area (Å²) in [5.74, 6) is 0.233. The minimum absolute atomic E-state index is 0.197. The van der Waals surface area contributed by atoms with Crippen molar-refractivity contribution in [3.8, 4) is 5.75 Å². The number of nitrogens with zero attached hydrogens (tertiary/aromatic N) is 3. The molecule has 0 bridgehead atoms. The lowest BCUT2D eigenvalue weighted by Gasteiger charge is -2.17. The molecular formula is C15H17N3O4S. The summed E-state index contributed by atoms with van der Waals surface area (Å²) in [5, 5.41) is 10.1. The van der Waals surface area contributed by atoms with Gasteiger partial charge in [-0.05, 0) is 6.07 Å². The van der Waals surface area contributed by atoms with Crippen LogP contribution in [0.2, 0.25) is 0 Å². The second-order valence-electron chi connectivity index (χ2n) is 5.10. The summed E-state index contributed by atoms with van der Waals surface area (Å²) in [6.45, 7) is 2.18. The van der Waals surface area contributed by atoms with Crippen molar-refractivity contribution < 1.29 is 19.4 Å². The van der Waals surface area contributed by atoms with Gasteiger partial charge in [-0.25, -0.2) is 9.78 Å². The van der Waals surface area contributed by atoms with Crippen LogP contribution in [0.15, 0.2) is 18.2 Å². The summed E-state index contributed by atoms with van der Waals surface area (Å²) < 4.78 is 15.1. The average Bonchev–Trinajstić information content (AvgIpc) is 2.90. The van der Waals surface area contributed by atoms with E-state index < -0.39 is 5.97 Å². The van der Waals surface area contributed by atoms with Crippen LogP contribution in [0.5, 0.6) is 5.75 Å². The summed E-state index contributed by atoms with van der Waals surface area (Å²) >= 11 is 1.34. The highest BCUT2D eigenvalue weighted by Crippen LogP contribution is 2.30. The van der Waals surface area contributed by atoms with Crippen LogP contribution >= 0.6 is 11.5 Å². The van der Waals surface area contributed by atoms with Gasteiger partial charge >= 0.3 is 5.97 Å². The molecule has 122 valence electrons. The number of hydrogen-bond acceptors (Lipinski definition) is 7. The first kappa shape index (κ1) is 15.7. The first-order valence-electron chi connectivity index (χ1n) is 7.23. The quantitative estimate of drug-likeness (QED) is 0.892. The van der Waals surface area contributed by atoms with Crippen molar-refractivity contribution in [3.05, 3.63) is 35.2 Å². The molecule has 0 saturated carbocycles. The molecule has 0 saturated heterocycles. The van der Waals surface area contributed by atoms with Gasteiger partial charge < -0.3 is 19.5 Å². The first-order valence-corrected chi connectivity index (χ1v) is 8.01. The van der Waals surface area contributed by atoms with E-state index in [0.29, 0.717) is 38.5 Å². The standard InChI is InChI=1S/C15H17N3O4S/c1-21-7-5-12-16-15(23-17-12)18-6-8-22-13-10(9-18)3-2-4-11(13)14(19)20/h2-4H,5-9H2,1H3,(H,19,20). The number of carboxylic acids is 1. The molecule has 1 aromatic heterocycles. The molecule has 2 aromatic rings. The number of aromatic nitrogens is 2. The molecule has 23 heavy (non-hydrogen) atoms. The molecule has 0 aliphatic carbocycles. The second-order valence-corrected chi connectivity index (χ2v) is 5.84. The van der Waals surface area contributed by atoms with Crippen molar-refractivity contribution in [3.63, 3.8) is 0 Å². The summed E-state index contributed by atoms with van der Waals surface area (Å²) in [6.07, 6.45) is 0.678. The van der Waals surface area contributed by atoms with Crippen LogP contribution in [0.1, 0.15) is 21.7 Å². The van der Waals surface area contributed by atoms with E-state index in [1.165, 1.54) is 11.5 Å². The summed E-state index contributed by atoms with van der Waals surface area (Å²) in [6, 6.07) is 5.18. The molecule has 3 rings (SSSR count). The van der Waals surface area contributed by atoms with E-state index in [2.05, 4.69) is 14.3 Å². The maximum atomic E-state index is 11.3. The minimum Gasteiger partial charge on any atom is -0.490 e. The van der Waals surface area contributed by atoms with Crippen LogP contribution in [-0.2, 0) is 17.7 Å². The summed E-state index contributed by atoms with van der Waals surface area (Å²) in [7, 11) is 1.65. The number of rotatable bonds is 5. The lowest BCUT2D eigenvalue weighted by atomic mass is 10.1. The Labute approximate surface area is 137 Å². The van der Waals surface area contributed by atoms with E-state index in [-0.39, 0.29) is 5.56 Å². The van der Waals surface area contributed by atoms with E-state index in [1.54, 1.807) is 19.2 Å². The number of hydrogen-bond donors (Lipinski definition) is 1. The zero-order valence-corrected chi connectivity index (χ0v) is 13.5. The molecule has 0 amide bonds. The number of anilines is 1. The van der Waals surface area contributed by atoms with Gasteiger partial charge in [-0.1, -0.05) is 12.1 Å². The van der Waals surface area contributed by atoms with Crippen molar-refractivity contribution in [1.29, 1.82) is 0 Å². The fraction of sp³-hybridized carbons (Fsp3) is 0.400. The third-order valence-corrected chi connectivity index (χ3v) is 4.37. The summed E-state index contributed by atoms with van der Waals surface area (Å²) in [4.78, 5) is 17.9. The lowest BCUT2D eigenvalue weighted by Crippen LogP contribution is -2.25. The van der Waals surface area contributed by atoms with Crippen LogP contribution < -0.4 is 9.64 Å². The zero-order valence-electron chi connectivity index (χ0n) is 12.7. The Hall–Kier alpha value is -2.19. The third-order valence-electron chi connectivity index (χ3n) is 3.55. The predicted octanol–water partition coefficient (Wildman–Crippen LogP) is 1.82. The van der Waals surface area contributed by atoms with Gasteiger partial charge in [0.25, 0.3) is 0 Å². The Morgan fingerprint density at radius 3 is 3.17 bits per heavy atom. The molecule has 1 aliphatic rings. The van der Waals surface area contributed by atoms with Gasteiger partial charge in [-0.2, -0.15) is 4.37 Å². The highest BCUT2D eigenvalue weighted by molar-refractivity contribution is 7.09. The highest BCUT2D eigenvalue weighted by Gasteiger charge is 2.22. The highest BCUT2D eigenvalue weighted by atomic mass is 32.1. The Kier molecular flexibility index (Phi) is 4.73. The third kappa shape index (κ3) is 3.43. The molecule has 8 heteroatoms. The van der Waals surface area contributed by atoms with Gasteiger partial charge in [-0.3, -0.25) is 0 Å². The van der Waals surface area contributed by atoms with Gasteiger partial charge in [-0.15, -0.1) is 0 Å². The van der Waals surface area contributed by atoms with Gasteiger partial charge in [0, 0.05) is 37.2 Å². The Morgan fingerprint density at radius 1 is 1.52 bits per heavy atom. The van der Waals surface area contributed by atoms with Crippen LogP contribution in [0, 0.1) is 0 Å². The van der Waals surface area contributed by atoms with Gasteiger partial charge in [0.15, 0.2) is 0 Å². The molecule has 0 unspecified atom stereocenters. The number of ether oxygens (including phenoxy) is 2. The maximum absolute atomic E-state index is 11.3. The second kappa shape index (κ2) is 6.93. The fourth-order valence-corrected chi connectivity index (χ4v) is 3.16. The van der Waals surface area contributed by atoms with Crippen LogP contribution in [0.3, 0.4) is 0 Å². The zero-order chi connectivity index (χ0) is 16.2. The lowest BCUT2D eigenvalue weighted by molar-refractivity contribution is 0.0692. The topological polar surface area (TPSA) is 84.8 Å². The Morgan fingerprint density at radius 2 is 2.39 bits per heavy atom. The number of methoxy groups -OCH3 is 1. The number of para-hydroxylation sites is 1. The van der Waals surface area contributed by atoms with Crippen molar-refractivity contribution in [2.75, 3.05) is 31.8 Å². The molecule has 0 atom stereocenters. The number of carboxylic acid groups (broad SMARTS) is 1. The molecule has 0 fully saturated rings. The molecule has 0 spiro atoms. The molecule has 1 aliphatic heterocycles. The molecule has 7 nitrogen and oxygen atoms in total. The average molecular weight is 335 g/mol. The monoisotopic (exact) mass is 335 g/mol. The van der Waals surface area contributed by atoms with Crippen LogP contribution in [0.25, 0.3) is 0 Å². The first-order chi connectivity index (χ1) is 11.2.